The number of nitrogens with two attached hydrogens (primary N) is 1. The van der Waals surface area contributed by atoms with Gasteiger partial charge in [0.15, 0.2) is 0 Å². The normalized spacial score (nSPS) is 10.4. The van der Waals surface area contributed by atoms with E-state index in [2.05, 4.69) is 10.4 Å². The number of hydrogen-bond donors (Lipinski definition) is 2. The summed E-state index contributed by atoms with van der Waals surface area (Å²) >= 11 is 0. The standard InChI is InChI=1S/C14H18N4O/c1-10-8-17-18(9-10)6-5-16-14(19)12-4-3-11(2)13(15)7-12/h3-4,7-9H,5-6,15H2,1-2H3,(H,16,19). The first-order valence-electron chi connectivity index (χ1n) is 6.19. The van der Waals surface area contributed by atoms with E-state index in [1.54, 1.807) is 23.0 Å². The number of nitrogen functional groups attached to an aromatic ring is 1. The number of carbonyl (C=O) groups is 1. The first-order valence-corrected chi connectivity index (χ1v) is 6.19. The van der Waals surface area contributed by atoms with Gasteiger partial charge in [-0.05, 0) is 37.1 Å². The molecule has 0 saturated heterocycles. The van der Waals surface area contributed by atoms with Gasteiger partial charge in [0.05, 0.1) is 12.7 Å². The molecule has 1 aromatic heterocycles. The molecule has 3 N–H and O–H groups in total. The molecule has 0 aliphatic carbocycles. The molecule has 0 saturated carbocycles. The number of rotatable bonds is 4. The molecule has 2 aromatic rings. The first kappa shape index (κ1) is 13.1. The van der Waals surface area contributed by atoms with Crippen LogP contribution in [0.1, 0.15) is 21.5 Å². The van der Waals surface area contributed by atoms with Gasteiger partial charge in [-0.1, -0.05) is 6.07 Å². The molecule has 0 bridgehead atoms. The lowest BCUT2D eigenvalue weighted by Crippen LogP contribution is -2.27. The average Bonchev–Trinajstić information content (AvgIpc) is 2.78. The molecule has 5 nitrogen and oxygen atoms in total. The molecule has 5 heteroatoms. The Morgan fingerprint density at radius 2 is 2.21 bits per heavy atom. The van der Waals surface area contributed by atoms with E-state index >= 15 is 0 Å². The number of carbonyl (C=O) groups excluding carboxylic acids is 1. The van der Waals surface area contributed by atoms with Crippen LogP contribution in [0.25, 0.3) is 0 Å². The van der Waals surface area contributed by atoms with Crippen LogP contribution in [0, 0.1) is 13.8 Å². The number of aromatic nitrogens is 2. The van der Waals surface area contributed by atoms with Crippen molar-refractivity contribution in [3.05, 3.63) is 47.3 Å². The summed E-state index contributed by atoms with van der Waals surface area (Å²) in [4.78, 5) is 11.9. The fraction of sp³-hybridized carbons (Fsp3) is 0.286. The van der Waals surface area contributed by atoms with Gasteiger partial charge in [0, 0.05) is 24.0 Å². The predicted octanol–water partition coefficient (Wildman–Crippen LogP) is 1.51. The van der Waals surface area contributed by atoms with Crippen molar-refractivity contribution in [2.24, 2.45) is 0 Å². The highest BCUT2D eigenvalue weighted by Crippen LogP contribution is 2.12. The zero-order chi connectivity index (χ0) is 13.8. The van der Waals surface area contributed by atoms with Crippen molar-refractivity contribution in [2.75, 3.05) is 12.3 Å². The number of nitrogens with zero attached hydrogens (tertiary/aromatic N) is 2. The van der Waals surface area contributed by atoms with Crippen molar-refractivity contribution in [1.29, 1.82) is 0 Å². The Bertz CT molecular complexity index is 589. The van der Waals surface area contributed by atoms with E-state index in [0.29, 0.717) is 24.3 Å². The van der Waals surface area contributed by atoms with E-state index < -0.39 is 0 Å². The van der Waals surface area contributed by atoms with Gasteiger partial charge in [0.2, 0.25) is 0 Å². The lowest BCUT2D eigenvalue weighted by Gasteiger charge is -2.07. The maximum Gasteiger partial charge on any atom is 0.251 e. The highest BCUT2D eigenvalue weighted by molar-refractivity contribution is 5.95. The lowest BCUT2D eigenvalue weighted by molar-refractivity contribution is 0.0952. The maximum atomic E-state index is 11.9. The van der Waals surface area contributed by atoms with Crippen molar-refractivity contribution in [1.82, 2.24) is 15.1 Å². The lowest BCUT2D eigenvalue weighted by atomic mass is 10.1. The molecule has 0 fully saturated rings. The third-order valence-corrected chi connectivity index (χ3v) is 2.93. The van der Waals surface area contributed by atoms with Crippen LogP contribution >= 0.6 is 0 Å². The minimum atomic E-state index is -0.115. The van der Waals surface area contributed by atoms with Crippen LogP contribution < -0.4 is 11.1 Å². The Hall–Kier alpha value is -2.30. The quantitative estimate of drug-likeness (QED) is 0.816. The highest BCUT2D eigenvalue weighted by atomic mass is 16.1. The predicted molar refractivity (Wildman–Crippen MR) is 74.9 cm³/mol. The number of nitrogens with one attached hydrogen (secondary N) is 1. The van der Waals surface area contributed by atoms with E-state index in [4.69, 9.17) is 5.73 Å². The van der Waals surface area contributed by atoms with E-state index in [1.165, 1.54) is 0 Å². The second-order valence-corrected chi connectivity index (χ2v) is 4.61. The summed E-state index contributed by atoms with van der Waals surface area (Å²) in [6.45, 7) is 5.09. The summed E-state index contributed by atoms with van der Waals surface area (Å²) in [7, 11) is 0. The molecule has 1 amide bonds. The van der Waals surface area contributed by atoms with Crippen LogP contribution in [0.5, 0.6) is 0 Å². The number of amides is 1. The number of anilines is 1. The Kier molecular flexibility index (Phi) is 3.85. The fourth-order valence-electron chi connectivity index (χ4n) is 1.76. The van der Waals surface area contributed by atoms with Crippen molar-refractivity contribution < 1.29 is 4.79 Å². The van der Waals surface area contributed by atoms with E-state index in [9.17, 15) is 4.79 Å². The van der Waals surface area contributed by atoms with Crippen molar-refractivity contribution in [2.45, 2.75) is 20.4 Å². The molecule has 100 valence electrons. The first-order chi connectivity index (χ1) is 9.06. The van der Waals surface area contributed by atoms with Gasteiger partial charge in [-0.25, -0.2) is 0 Å². The van der Waals surface area contributed by atoms with Crippen LogP contribution in [-0.2, 0) is 6.54 Å². The molecule has 19 heavy (non-hydrogen) atoms. The Morgan fingerprint density at radius 3 is 2.84 bits per heavy atom. The molecule has 0 spiro atoms. The summed E-state index contributed by atoms with van der Waals surface area (Å²) in [5.74, 6) is -0.115. The van der Waals surface area contributed by atoms with Crippen LogP contribution in [0.4, 0.5) is 5.69 Å². The number of aryl methyl sites for hydroxylation is 2. The summed E-state index contributed by atoms with van der Waals surface area (Å²) in [5.41, 5.74) is 9.09. The van der Waals surface area contributed by atoms with Gasteiger partial charge < -0.3 is 11.1 Å². The smallest absolute Gasteiger partial charge is 0.251 e. The van der Waals surface area contributed by atoms with Crippen LogP contribution in [0.2, 0.25) is 0 Å². The summed E-state index contributed by atoms with van der Waals surface area (Å²) < 4.78 is 1.80. The zero-order valence-electron chi connectivity index (χ0n) is 11.2. The molecule has 1 heterocycles. The molecular formula is C14H18N4O. The Labute approximate surface area is 112 Å². The van der Waals surface area contributed by atoms with Crippen molar-refractivity contribution >= 4 is 11.6 Å². The molecule has 2 rings (SSSR count). The molecule has 0 aliphatic rings. The van der Waals surface area contributed by atoms with E-state index in [1.807, 2.05) is 26.1 Å². The SMILES string of the molecule is Cc1cnn(CCNC(=O)c2ccc(C)c(N)c2)c1. The van der Waals surface area contributed by atoms with Crippen molar-refractivity contribution in [3.63, 3.8) is 0 Å². The Morgan fingerprint density at radius 1 is 1.42 bits per heavy atom. The average molecular weight is 258 g/mol. The molecule has 1 aromatic carbocycles. The van der Waals surface area contributed by atoms with Gasteiger partial charge >= 0.3 is 0 Å². The topological polar surface area (TPSA) is 72.9 Å². The van der Waals surface area contributed by atoms with Gasteiger partial charge in [0.25, 0.3) is 5.91 Å². The van der Waals surface area contributed by atoms with Gasteiger partial charge in [-0.2, -0.15) is 5.10 Å². The zero-order valence-corrected chi connectivity index (χ0v) is 11.2. The second-order valence-electron chi connectivity index (χ2n) is 4.61. The van der Waals surface area contributed by atoms with Crippen LogP contribution in [0.3, 0.4) is 0 Å². The maximum absolute atomic E-state index is 11.9. The Balaban J connectivity index is 1.89. The third kappa shape index (κ3) is 3.34. The molecule has 0 unspecified atom stereocenters. The number of benzene rings is 1. The summed E-state index contributed by atoms with van der Waals surface area (Å²) in [5, 5.41) is 7.00. The second kappa shape index (κ2) is 5.56. The monoisotopic (exact) mass is 258 g/mol. The molecule has 0 aliphatic heterocycles. The van der Waals surface area contributed by atoms with Crippen LogP contribution in [0.15, 0.2) is 30.6 Å². The highest BCUT2D eigenvalue weighted by Gasteiger charge is 2.06. The molecule has 0 radical (unpaired) electrons. The molecular weight excluding hydrogens is 240 g/mol. The van der Waals surface area contributed by atoms with E-state index in [0.717, 1.165) is 11.1 Å². The summed E-state index contributed by atoms with van der Waals surface area (Å²) in [6, 6.07) is 5.32. The van der Waals surface area contributed by atoms with Gasteiger partial charge in [0.1, 0.15) is 0 Å². The van der Waals surface area contributed by atoms with Crippen LogP contribution in [-0.4, -0.2) is 22.2 Å². The minimum Gasteiger partial charge on any atom is -0.398 e. The molecule has 0 atom stereocenters. The van der Waals surface area contributed by atoms with Gasteiger partial charge in [-0.3, -0.25) is 9.48 Å². The van der Waals surface area contributed by atoms with Gasteiger partial charge in [-0.15, -0.1) is 0 Å². The third-order valence-electron chi connectivity index (χ3n) is 2.93. The number of hydrogen-bond acceptors (Lipinski definition) is 3. The van der Waals surface area contributed by atoms with Crippen molar-refractivity contribution in [3.8, 4) is 0 Å². The fourth-order valence-corrected chi connectivity index (χ4v) is 1.76. The van der Waals surface area contributed by atoms with E-state index in [-0.39, 0.29) is 5.91 Å². The minimum absolute atomic E-state index is 0.115. The largest absolute Gasteiger partial charge is 0.398 e. The summed E-state index contributed by atoms with van der Waals surface area (Å²) in [6.07, 6.45) is 3.73.